The van der Waals surface area contributed by atoms with Gasteiger partial charge in [0.1, 0.15) is 13.2 Å². The Morgan fingerprint density at radius 2 is 0.508 bits per heavy atom. The van der Waals surface area contributed by atoms with Gasteiger partial charge >= 0.3 is 17.9 Å². The number of carbonyl (C=O) groups excluding carboxylic acids is 3. The standard InChI is InChI=1S/C59H112O6/c1-4-7-10-13-16-19-22-25-27-28-29-30-32-34-37-40-43-46-49-52-58(61)64-55-56(54-63-57(60)51-48-45-42-39-36-33-24-21-18-15-12-9-6-3)65-59(62)53-50-47-44-41-38-35-31-26-23-20-17-14-11-8-5-2/h25,27,56H,4-24,26,28-55H2,1-3H3/b27-25-. The summed E-state index contributed by atoms with van der Waals surface area (Å²) >= 11 is 0. The Labute approximate surface area is 405 Å². The summed E-state index contributed by atoms with van der Waals surface area (Å²) in [6.45, 7) is 6.69. The average molecular weight is 918 g/mol. The number of unbranched alkanes of at least 4 members (excludes halogenated alkanes) is 41. The summed E-state index contributed by atoms with van der Waals surface area (Å²) in [6, 6.07) is 0. The number of hydrogen-bond acceptors (Lipinski definition) is 6. The third-order valence-electron chi connectivity index (χ3n) is 13.3. The van der Waals surface area contributed by atoms with Crippen LogP contribution in [0.15, 0.2) is 12.2 Å². The minimum Gasteiger partial charge on any atom is -0.462 e. The van der Waals surface area contributed by atoms with Crippen molar-refractivity contribution < 1.29 is 28.6 Å². The van der Waals surface area contributed by atoms with E-state index in [0.717, 1.165) is 57.8 Å². The lowest BCUT2D eigenvalue weighted by Crippen LogP contribution is -2.30. The van der Waals surface area contributed by atoms with Crippen LogP contribution in [-0.2, 0) is 28.6 Å². The van der Waals surface area contributed by atoms with Crippen LogP contribution in [0.3, 0.4) is 0 Å². The highest BCUT2D eigenvalue weighted by atomic mass is 16.6. The van der Waals surface area contributed by atoms with Crippen molar-refractivity contribution in [3.05, 3.63) is 12.2 Å². The molecule has 0 heterocycles. The topological polar surface area (TPSA) is 78.9 Å². The van der Waals surface area contributed by atoms with E-state index in [0.29, 0.717) is 19.3 Å². The molecule has 384 valence electrons. The molecule has 0 aliphatic carbocycles. The largest absolute Gasteiger partial charge is 0.462 e. The minimum atomic E-state index is -0.764. The predicted octanol–water partition coefficient (Wildman–Crippen LogP) is 19.3. The molecule has 1 atom stereocenters. The van der Waals surface area contributed by atoms with E-state index in [4.69, 9.17) is 14.2 Å². The molecule has 0 fully saturated rings. The fourth-order valence-electron chi connectivity index (χ4n) is 8.85. The van der Waals surface area contributed by atoms with Gasteiger partial charge in [-0.25, -0.2) is 0 Å². The van der Waals surface area contributed by atoms with Gasteiger partial charge in [-0.05, 0) is 44.9 Å². The molecule has 0 aromatic carbocycles. The van der Waals surface area contributed by atoms with Gasteiger partial charge in [-0.2, -0.15) is 0 Å². The van der Waals surface area contributed by atoms with E-state index in [9.17, 15) is 14.4 Å². The third kappa shape index (κ3) is 53.0. The van der Waals surface area contributed by atoms with Crippen LogP contribution in [0.25, 0.3) is 0 Å². The van der Waals surface area contributed by atoms with Gasteiger partial charge in [0.25, 0.3) is 0 Å². The number of hydrogen-bond donors (Lipinski definition) is 0. The van der Waals surface area contributed by atoms with Crippen molar-refractivity contribution in [1.29, 1.82) is 0 Å². The Kier molecular flexibility index (Phi) is 53.2. The van der Waals surface area contributed by atoms with Crippen LogP contribution in [0.1, 0.15) is 329 Å². The van der Waals surface area contributed by atoms with Gasteiger partial charge in [0.15, 0.2) is 6.10 Å². The first-order chi connectivity index (χ1) is 32.0. The smallest absolute Gasteiger partial charge is 0.306 e. The van der Waals surface area contributed by atoms with E-state index in [1.54, 1.807) is 0 Å². The number of ether oxygens (including phenoxy) is 3. The first-order valence-electron chi connectivity index (χ1n) is 29.2. The zero-order valence-electron chi connectivity index (χ0n) is 44.0. The molecule has 0 amide bonds. The summed E-state index contributed by atoms with van der Waals surface area (Å²) in [5.41, 5.74) is 0. The van der Waals surface area contributed by atoms with Gasteiger partial charge in [-0.15, -0.1) is 0 Å². The zero-order valence-corrected chi connectivity index (χ0v) is 44.0. The summed E-state index contributed by atoms with van der Waals surface area (Å²) in [7, 11) is 0. The predicted molar refractivity (Wildman–Crippen MR) is 280 cm³/mol. The number of carbonyl (C=O) groups is 3. The zero-order chi connectivity index (χ0) is 47.2. The SMILES string of the molecule is CCCCCCCC/C=C\CCCCCCCCCCCC(=O)OCC(COC(=O)CCCCCCCCCCCCCCC)OC(=O)CCCCCCCCCCCCCCCCC. The molecule has 0 saturated carbocycles. The average Bonchev–Trinajstić information content (AvgIpc) is 3.30. The van der Waals surface area contributed by atoms with E-state index < -0.39 is 6.10 Å². The Morgan fingerprint density at radius 1 is 0.292 bits per heavy atom. The number of esters is 3. The second kappa shape index (κ2) is 54.8. The minimum absolute atomic E-state index is 0.0644. The molecule has 0 aliphatic heterocycles. The van der Waals surface area contributed by atoms with E-state index in [2.05, 4.69) is 32.9 Å². The first-order valence-corrected chi connectivity index (χ1v) is 29.2. The number of rotatable bonds is 54. The van der Waals surface area contributed by atoms with Crippen molar-refractivity contribution in [1.82, 2.24) is 0 Å². The molecule has 0 rings (SSSR count). The van der Waals surface area contributed by atoms with E-state index in [1.807, 2.05) is 0 Å². The molecule has 0 aliphatic rings. The molecule has 0 saturated heterocycles. The van der Waals surface area contributed by atoms with Gasteiger partial charge in [-0.3, -0.25) is 14.4 Å². The highest BCUT2D eigenvalue weighted by molar-refractivity contribution is 5.71. The van der Waals surface area contributed by atoms with Crippen LogP contribution < -0.4 is 0 Å². The van der Waals surface area contributed by atoms with Crippen molar-refractivity contribution in [2.24, 2.45) is 0 Å². The van der Waals surface area contributed by atoms with Crippen molar-refractivity contribution in [2.75, 3.05) is 13.2 Å². The summed E-state index contributed by atoms with van der Waals surface area (Å²) < 4.78 is 16.9. The van der Waals surface area contributed by atoms with Crippen molar-refractivity contribution >= 4 is 17.9 Å². The lowest BCUT2D eigenvalue weighted by molar-refractivity contribution is -0.167. The lowest BCUT2D eigenvalue weighted by Gasteiger charge is -2.18. The Balaban J connectivity index is 4.29. The van der Waals surface area contributed by atoms with Crippen LogP contribution in [0.5, 0.6) is 0 Å². The maximum Gasteiger partial charge on any atom is 0.306 e. The molecule has 0 bridgehead atoms. The quantitative estimate of drug-likeness (QED) is 0.0262. The first kappa shape index (κ1) is 63.1. The summed E-state index contributed by atoms with van der Waals surface area (Å²) in [5.74, 6) is -0.842. The summed E-state index contributed by atoms with van der Waals surface area (Å²) in [4.78, 5) is 38.1. The molecule has 65 heavy (non-hydrogen) atoms. The Hall–Kier alpha value is -1.85. The fourth-order valence-corrected chi connectivity index (χ4v) is 8.85. The highest BCUT2D eigenvalue weighted by Crippen LogP contribution is 2.17. The normalized spacial score (nSPS) is 12.0. The summed E-state index contributed by atoms with van der Waals surface area (Å²) in [6.07, 6.45) is 62.0. The highest BCUT2D eigenvalue weighted by Gasteiger charge is 2.19. The molecule has 0 radical (unpaired) electrons. The monoisotopic (exact) mass is 917 g/mol. The third-order valence-corrected chi connectivity index (χ3v) is 13.3. The molecular formula is C59H112O6. The summed E-state index contributed by atoms with van der Waals surface area (Å²) in [5, 5.41) is 0. The fraction of sp³-hybridized carbons (Fsp3) is 0.915. The molecule has 0 aromatic rings. The van der Waals surface area contributed by atoms with Gasteiger partial charge in [0, 0.05) is 19.3 Å². The molecule has 6 heteroatoms. The molecule has 0 N–H and O–H groups in total. The van der Waals surface area contributed by atoms with Crippen LogP contribution in [0, 0.1) is 0 Å². The van der Waals surface area contributed by atoms with Crippen LogP contribution in [-0.4, -0.2) is 37.2 Å². The van der Waals surface area contributed by atoms with E-state index in [1.165, 1.54) is 231 Å². The maximum absolute atomic E-state index is 12.8. The molecule has 0 spiro atoms. The maximum atomic E-state index is 12.8. The van der Waals surface area contributed by atoms with Gasteiger partial charge < -0.3 is 14.2 Å². The van der Waals surface area contributed by atoms with E-state index >= 15 is 0 Å². The molecular weight excluding hydrogens is 805 g/mol. The van der Waals surface area contributed by atoms with Gasteiger partial charge in [0.05, 0.1) is 0 Å². The Morgan fingerprint density at radius 3 is 0.769 bits per heavy atom. The van der Waals surface area contributed by atoms with Crippen molar-refractivity contribution in [3.8, 4) is 0 Å². The van der Waals surface area contributed by atoms with Crippen LogP contribution in [0.4, 0.5) is 0 Å². The van der Waals surface area contributed by atoms with Gasteiger partial charge in [-0.1, -0.05) is 277 Å². The lowest BCUT2D eigenvalue weighted by atomic mass is 10.0. The molecule has 0 aromatic heterocycles. The molecule has 1 unspecified atom stereocenters. The van der Waals surface area contributed by atoms with Crippen LogP contribution in [0.2, 0.25) is 0 Å². The van der Waals surface area contributed by atoms with Crippen molar-refractivity contribution in [3.63, 3.8) is 0 Å². The molecule has 6 nitrogen and oxygen atoms in total. The van der Waals surface area contributed by atoms with Gasteiger partial charge in [0.2, 0.25) is 0 Å². The number of allylic oxidation sites excluding steroid dienone is 2. The van der Waals surface area contributed by atoms with Crippen LogP contribution >= 0.6 is 0 Å². The Bertz CT molecular complexity index is 1010. The van der Waals surface area contributed by atoms with E-state index in [-0.39, 0.29) is 31.1 Å². The second-order valence-electron chi connectivity index (χ2n) is 19.9. The van der Waals surface area contributed by atoms with Crippen molar-refractivity contribution in [2.45, 2.75) is 335 Å². The second-order valence-corrected chi connectivity index (χ2v) is 19.9.